The summed E-state index contributed by atoms with van der Waals surface area (Å²) >= 11 is -2.73. The van der Waals surface area contributed by atoms with Gasteiger partial charge in [0.2, 0.25) is 0 Å². The SMILES string of the molecule is CC([C](C(C)c1ccccc1)=[Zr]([C]1=CC=CC1)[c]1c(C(C)(C)C)ccc2c1Cc1cc(C(C)(C)C)ccc1-2)c1ccccc1. The molecule has 0 aromatic heterocycles. The van der Waals surface area contributed by atoms with Crippen molar-refractivity contribution in [3.8, 4) is 11.1 Å². The molecule has 0 heterocycles. The Labute approximate surface area is 274 Å². The maximum atomic E-state index is 2.52. The summed E-state index contributed by atoms with van der Waals surface area (Å²) < 4.78 is 5.27. The van der Waals surface area contributed by atoms with Crippen LogP contribution in [-0.4, -0.2) is 3.21 Å². The van der Waals surface area contributed by atoms with E-state index in [0.29, 0.717) is 11.8 Å². The van der Waals surface area contributed by atoms with E-state index in [9.17, 15) is 0 Å². The van der Waals surface area contributed by atoms with E-state index in [4.69, 9.17) is 0 Å². The van der Waals surface area contributed by atoms with Gasteiger partial charge in [0.05, 0.1) is 0 Å². The van der Waals surface area contributed by atoms with Crippen LogP contribution < -0.4 is 3.27 Å². The average Bonchev–Trinajstić information content (AvgIpc) is 3.67. The molecule has 44 heavy (non-hydrogen) atoms. The summed E-state index contributed by atoms with van der Waals surface area (Å²) in [4.78, 5) is 0. The van der Waals surface area contributed by atoms with Crippen LogP contribution in [0.15, 0.2) is 113 Å². The van der Waals surface area contributed by atoms with Gasteiger partial charge in [0.15, 0.2) is 0 Å². The Morgan fingerprint density at radius 3 is 1.80 bits per heavy atom. The normalized spacial score (nSPS) is 15.4. The minimum absolute atomic E-state index is 0.0607. The number of fused-ring (bicyclic) bond motifs is 3. The second-order valence-corrected chi connectivity index (χ2v) is 21.1. The zero-order valence-electron chi connectivity index (χ0n) is 28.0. The maximum absolute atomic E-state index is 2.73. The van der Waals surface area contributed by atoms with Gasteiger partial charge in [-0.3, -0.25) is 0 Å². The van der Waals surface area contributed by atoms with E-state index in [2.05, 4.69) is 165 Å². The third-order valence-corrected chi connectivity index (χ3v) is 18.6. The molecule has 4 aromatic carbocycles. The van der Waals surface area contributed by atoms with Gasteiger partial charge in [0, 0.05) is 0 Å². The van der Waals surface area contributed by atoms with Crippen LogP contribution in [0.2, 0.25) is 0 Å². The van der Waals surface area contributed by atoms with Crippen molar-refractivity contribution in [2.75, 3.05) is 0 Å². The Hall–Kier alpha value is -2.89. The molecule has 6 rings (SSSR count). The molecule has 2 atom stereocenters. The number of allylic oxidation sites excluding steroid dienone is 4. The van der Waals surface area contributed by atoms with Crippen LogP contribution in [-0.2, 0) is 38.5 Å². The van der Waals surface area contributed by atoms with Gasteiger partial charge in [0.25, 0.3) is 0 Å². The van der Waals surface area contributed by atoms with Crippen molar-refractivity contribution < 1.29 is 21.3 Å². The molecule has 2 aliphatic carbocycles. The molecular formula is C43H48Zr. The van der Waals surface area contributed by atoms with E-state index in [1.165, 1.54) is 33.4 Å². The van der Waals surface area contributed by atoms with E-state index < -0.39 is 21.3 Å². The van der Waals surface area contributed by atoms with Crippen molar-refractivity contribution in [1.82, 2.24) is 0 Å². The number of rotatable bonds is 6. The van der Waals surface area contributed by atoms with E-state index in [1.54, 1.807) is 20.9 Å². The quantitative estimate of drug-likeness (QED) is 0.171. The summed E-state index contributed by atoms with van der Waals surface area (Å²) in [5.41, 5.74) is 12.2. The van der Waals surface area contributed by atoms with Crippen LogP contribution in [0.1, 0.15) is 107 Å². The third-order valence-electron chi connectivity index (χ3n) is 9.91. The van der Waals surface area contributed by atoms with Crippen LogP contribution in [0.3, 0.4) is 0 Å². The fraction of sp³-hybridized carbons (Fsp3) is 0.326. The first kappa shape index (κ1) is 31.1. The van der Waals surface area contributed by atoms with Gasteiger partial charge < -0.3 is 0 Å². The standard InChI is InChI=1S/C21H25.C17H18.C5H5.Zr/c1-20(2,3)16-7-9-18-14(12-16)11-15-13-17(21(4,5)6)8-10-19(15)18;1-14(16-9-5-3-6-10-16)13-15(2)17-11-7-4-8-12-17;1-2-4-5-3-1;/h7-10,12H,11H2,1-6H3;3-12,14-15H,1-2H3;1-3H,4H2;. The van der Waals surface area contributed by atoms with Crippen molar-refractivity contribution in [1.29, 1.82) is 0 Å². The summed E-state index contributed by atoms with van der Waals surface area (Å²) in [6.07, 6.45) is 9.38. The molecule has 0 spiro atoms. The number of benzene rings is 4. The van der Waals surface area contributed by atoms with Gasteiger partial charge in [0.1, 0.15) is 0 Å². The Morgan fingerprint density at radius 1 is 0.682 bits per heavy atom. The molecule has 0 N–H and O–H groups in total. The third kappa shape index (κ3) is 5.90. The van der Waals surface area contributed by atoms with E-state index in [1.807, 2.05) is 0 Å². The van der Waals surface area contributed by atoms with Gasteiger partial charge in [-0.25, -0.2) is 0 Å². The molecule has 2 aliphatic rings. The Kier molecular flexibility index (Phi) is 8.58. The van der Waals surface area contributed by atoms with Crippen molar-refractivity contribution >= 4 is 6.48 Å². The number of hydrogen-bond donors (Lipinski definition) is 0. The molecular weight excluding hydrogens is 608 g/mol. The average molecular weight is 656 g/mol. The van der Waals surface area contributed by atoms with Gasteiger partial charge in [-0.2, -0.15) is 0 Å². The second-order valence-electron chi connectivity index (χ2n) is 15.0. The zero-order chi connectivity index (χ0) is 31.2. The summed E-state index contributed by atoms with van der Waals surface area (Å²) in [6.45, 7) is 19.3. The zero-order valence-corrected chi connectivity index (χ0v) is 30.4. The molecule has 0 amide bonds. The second kappa shape index (κ2) is 12.1. The van der Waals surface area contributed by atoms with E-state index in [-0.39, 0.29) is 10.8 Å². The van der Waals surface area contributed by atoms with Gasteiger partial charge in [-0.15, -0.1) is 0 Å². The fourth-order valence-corrected chi connectivity index (χ4v) is 17.3. The first-order valence-corrected chi connectivity index (χ1v) is 20.1. The van der Waals surface area contributed by atoms with Crippen molar-refractivity contribution in [3.05, 3.63) is 146 Å². The van der Waals surface area contributed by atoms with Gasteiger partial charge >= 0.3 is 276 Å². The molecule has 0 bridgehead atoms. The summed E-state index contributed by atoms with van der Waals surface area (Å²) in [5.74, 6) is 0.754. The summed E-state index contributed by atoms with van der Waals surface area (Å²) in [6, 6.07) is 34.9. The Balaban J connectivity index is 1.69. The van der Waals surface area contributed by atoms with Crippen LogP contribution in [0, 0.1) is 0 Å². The van der Waals surface area contributed by atoms with Crippen molar-refractivity contribution in [2.45, 2.75) is 90.9 Å². The molecule has 0 radical (unpaired) electrons. The van der Waals surface area contributed by atoms with Crippen molar-refractivity contribution in [3.63, 3.8) is 0 Å². The molecule has 224 valence electrons. The fourth-order valence-electron chi connectivity index (χ4n) is 7.43. The van der Waals surface area contributed by atoms with Crippen LogP contribution in [0.5, 0.6) is 0 Å². The Bertz CT molecular complexity index is 1720. The molecule has 0 aliphatic heterocycles. The van der Waals surface area contributed by atoms with Crippen LogP contribution >= 0.6 is 0 Å². The minimum atomic E-state index is -2.73. The molecule has 1 heteroatoms. The number of hydrogen-bond acceptors (Lipinski definition) is 0. The molecule has 4 aromatic rings. The van der Waals surface area contributed by atoms with Crippen LogP contribution in [0.4, 0.5) is 0 Å². The van der Waals surface area contributed by atoms with Gasteiger partial charge in [-0.05, 0) is 0 Å². The predicted octanol–water partition coefficient (Wildman–Crippen LogP) is 10.7. The molecule has 0 nitrogen and oxygen atoms in total. The topological polar surface area (TPSA) is 0 Å². The predicted molar refractivity (Wildman–Crippen MR) is 188 cm³/mol. The summed E-state index contributed by atoms with van der Waals surface area (Å²) in [7, 11) is 0. The molecule has 2 unspecified atom stereocenters. The van der Waals surface area contributed by atoms with E-state index >= 15 is 0 Å². The van der Waals surface area contributed by atoms with Crippen LogP contribution in [0.25, 0.3) is 11.1 Å². The molecule has 0 saturated heterocycles. The van der Waals surface area contributed by atoms with E-state index in [0.717, 1.165) is 12.8 Å². The monoisotopic (exact) mass is 654 g/mol. The summed E-state index contributed by atoms with van der Waals surface area (Å²) in [5, 5.41) is 0. The first-order chi connectivity index (χ1) is 20.9. The van der Waals surface area contributed by atoms with Crippen molar-refractivity contribution in [2.24, 2.45) is 0 Å². The molecule has 0 saturated carbocycles. The molecule has 0 fully saturated rings. The Morgan fingerprint density at radius 2 is 1.27 bits per heavy atom. The van der Waals surface area contributed by atoms with Gasteiger partial charge in [-0.1, -0.05) is 0 Å². The first-order valence-electron chi connectivity index (χ1n) is 16.5.